The van der Waals surface area contributed by atoms with Crippen molar-refractivity contribution in [3.05, 3.63) is 30.8 Å². The molecule has 0 unspecified atom stereocenters. The highest BCUT2D eigenvalue weighted by Gasteiger charge is 2.20. The van der Waals surface area contributed by atoms with E-state index in [2.05, 4.69) is 21.9 Å². The Morgan fingerprint density at radius 2 is 1.47 bits per heavy atom. The number of anilines is 1. The molecule has 0 aromatic carbocycles. The second-order valence-corrected chi connectivity index (χ2v) is 8.65. The molecule has 0 spiro atoms. The average molecular weight is 411 g/mol. The zero-order valence-electron chi connectivity index (χ0n) is 18.4. The van der Waals surface area contributed by atoms with E-state index < -0.39 is 0 Å². The van der Waals surface area contributed by atoms with Crippen molar-refractivity contribution in [2.45, 2.75) is 102 Å². The first-order chi connectivity index (χ1) is 14.8. The Hall–Kier alpha value is -2.24. The third-order valence-corrected chi connectivity index (χ3v) is 6.25. The fourth-order valence-corrected chi connectivity index (χ4v) is 4.54. The summed E-state index contributed by atoms with van der Waals surface area (Å²) in [6.07, 6.45) is 22.5. The van der Waals surface area contributed by atoms with Crippen LogP contribution in [0.5, 0.6) is 0 Å². The summed E-state index contributed by atoms with van der Waals surface area (Å²) in [7, 11) is 0. The van der Waals surface area contributed by atoms with E-state index in [1.165, 1.54) is 83.2 Å². The Bertz CT molecular complexity index is 710. The molecule has 3 rings (SSSR count). The molecule has 2 saturated carbocycles. The third-order valence-electron chi connectivity index (χ3n) is 6.25. The van der Waals surface area contributed by atoms with Crippen LogP contribution in [0.3, 0.4) is 0 Å². The van der Waals surface area contributed by atoms with Crippen molar-refractivity contribution in [3.63, 3.8) is 0 Å². The van der Waals surface area contributed by atoms with Crippen LogP contribution < -0.4 is 11.1 Å². The van der Waals surface area contributed by atoms with Crippen LogP contribution in [0.1, 0.15) is 102 Å². The lowest BCUT2D eigenvalue weighted by molar-refractivity contribution is 0.441. The highest BCUT2D eigenvalue weighted by Crippen LogP contribution is 2.30. The molecule has 6 nitrogen and oxygen atoms in total. The fraction of sp³-hybridized carbons (Fsp3) is 0.667. The van der Waals surface area contributed by atoms with Crippen molar-refractivity contribution >= 4 is 17.6 Å². The maximum absolute atomic E-state index is 5.54. The Labute approximate surface area is 181 Å². The van der Waals surface area contributed by atoms with Gasteiger partial charge >= 0.3 is 0 Å². The summed E-state index contributed by atoms with van der Waals surface area (Å²) in [6, 6.07) is 0.428. The highest BCUT2D eigenvalue weighted by atomic mass is 15.2. The standard InChI is InChI=1S/C24H38N6/c1-2-20(17-18-25)26-23-28-22(19-13-9-5-3-6-10-14-19)29-24(30-23)27-21-15-11-7-4-8-12-16-21/h2,17-19,21H,1,3-16,25H2,(H,27,28,29,30). The molecule has 1 aromatic rings. The number of allylic oxidation sites excluding steroid dienone is 2. The molecule has 0 amide bonds. The molecular formula is C24H38N6. The van der Waals surface area contributed by atoms with Gasteiger partial charge in [0.25, 0.3) is 5.95 Å². The molecule has 30 heavy (non-hydrogen) atoms. The van der Waals surface area contributed by atoms with E-state index in [1.54, 1.807) is 12.2 Å². The Morgan fingerprint density at radius 3 is 2.07 bits per heavy atom. The van der Waals surface area contributed by atoms with Crippen LogP contribution in [0.4, 0.5) is 11.9 Å². The van der Waals surface area contributed by atoms with Crippen molar-refractivity contribution in [1.82, 2.24) is 15.0 Å². The normalized spacial score (nSPS) is 20.9. The molecule has 0 saturated heterocycles. The quantitative estimate of drug-likeness (QED) is 0.565. The summed E-state index contributed by atoms with van der Waals surface area (Å²) in [5.74, 6) is 2.39. The molecule has 0 aliphatic heterocycles. The first kappa shape index (κ1) is 22.4. The maximum atomic E-state index is 5.54. The van der Waals surface area contributed by atoms with Gasteiger partial charge in [0.2, 0.25) is 5.95 Å². The molecule has 2 aliphatic carbocycles. The molecular weight excluding hydrogens is 372 g/mol. The number of aliphatic imine (C=N–C) groups is 1. The lowest BCUT2D eigenvalue weighted by atomic mass is 9.90. The van der Waals surface area contributed by atoms with Crippen LogP contribution >= 0.6 is 0 Å². The molecule has 6 heteroatoms. The summed E-state index contributed by atoms with van der Waals surface area (Å²) in [4.78, 5) is 18.9. The van der Waals surface area contributed by atoms with Crippen molar-refractivity contribution in [2.75, 3.05) is 5.32 Å². The summed E-state index contributed by atoms with van der Waals surface area (Å²) in [5.41, 5.74) is 6.20. The first-order valence-electron chi connectivity index (χ1n) is 11.9. The van der Waals surface area contributed by atoms with E-state index in [0.29, 0.717) is 29.6 Å². The third kappa shape index (κ3) is 7.22. The van der Waals surface area contributed by atoms with Gasteiger partial charge in [0.1, 0.15) is 5.82 Å². The van der Waals surface area contributed by atoms with Crippen LogP contribution in [0.2, 0.25) is 0 Å². The number of hydrogen-bond acceptors (Lipinski definition) is 6. The Balaban J connectivity index is 1.87. The van der Waals surface area contributed by atoms with E-state index >= 15 is 0 Å². The number of hydrogen-bond donors (Lipinski definition) is 2. The molecule has 1 heterocycles. The fourth-order valence-electron chi connectivity index (χ4n) is 4.54. The molecule has 0 bridgehead atoms. The van der Waals surface area contributed by atoms with E-state index in [-0.39, 0.29) is 0 Å². The van der Waals surface area contributed by atoms with Crippen LogP contribution in [0.15, 0.2) is 29.9 Å². The molecule has 164 valence electrons. The van der Waals surface area contributed by atoms with E-state index in [4.69, 9.17) is 15.7 Å². The van der Waals surface area contributed by atoms with Crippen LogP contribution in [0, 0.1) is 0 Å². The average Bonchev–Trinajstić information content (AvgIpc) is 2.69. The lowest BCUT2D eigenvalue weighted by Crippen LogP contribution is -2.23. The molecule has 1 aromatic heterocycles. The number of nitrogens with one attached hydrogen (secondary N) is 1. The molecule has 2 aliphatic rings. The van der Waals surface area contributed by atoms with Gasteiger partial charge in [-0.05, 0) is 44.0 Å². The van der Waals surface area contributed by atoms with Gasteiger partial charge in [-0.2, -0.15) is 15.0 Å². The number of nitrogens with zero attached hydrogens (tertiary/aromatic N) is 4. The summed E-state index contributed by atoms with van der Waals surface area (Å²) >= 11 is 0. The smallest absolute Gasteiger partial charge is 0.254 e. The molecule has 0 atom stereocenters. The summed E-state index contributed by atoms with van der Waals surface area (Å²) in [6.45, 7) is 3.82. The van der Waals surface area contributed by atoms with Gasteiger partial charge in [0.05, 0.1) is 5.71 Å². The lowest BCUT2D eigenvalue weighted by Gasteiger charge is -2.22. The maximum Gasteiger partial charge on any atom is 0.254 e. The van der Waals surface area contributed by atoms with Crippen molar-refractivity contribution < 1.29 is 0 Å². The number of rotatable bonds is 6. The summed E-state index contributed by atoms with van der Waals surface area (Å²) < 4.78 is 0. The second kappa shape index (κ2) is 12.5. The van der Waals surface area contributed by atoms with Crippen molar-refractivity contribution in [2.24, 2.45) is 10.7 Å². The predicted molar refractivity (Wildman–Crippen MR) is 125 cm³/mol. The van der Waals surface area contributed by atoms with Crippen LogP contribution in [0.25, 0.3) is 0 Å². The first-order valence-corrected chi connectivity index (χ1v) is 11.9. The molecule has 3 N–H and O–H groups in total. The largest absolute Gasteiger partial charge is 0.405 e. The van der Waals surface area contributed by atoms with E-state index in [9.17, 15) is 0 Å². The van der Waals surface area contributed by atoms with Gasteiger partial charge in [-0.15, -0.1) is 0 Å². The number of aromatic nitrogens is 3. The Kier molecular flexibility index (Phi) is 9.32. The van der Waals surface area contributed by atoms with E-state index in [0.717, 1.165) is 18.7 Å². The van der Waals surface area contributed by atoms with Gasteiger partial charge < -0.3 is 11.1 Å². The number of nitrogens with two attached hydrogens (primary N) is 1. The van der Waals surface area contributed by atoms with Crippen molar-refractivity contribution in [1.29, 1.82) is 0 Å². The van der Waals surface area contributed by atoms with Crippen LogP contribution in [-0.2, 0) is 0 Å². The predicted octanol–water partition coefficient (Wildman–Crippen LogP) is 5.96. The van der Waals surface area contributed by atoms with Crippen molar-refractivity contribution in [3.8, 4) is 0 Å². The minimum Gasteiger partial charge on any atom is -0.405 e. The van der Waals surface area contributed by atoms with Gasteiger partial charge in [0.15, 0.2) is 0 Å². The zero-order valence-corrected chi connectivity index (χ0v) is 18.4. The highest BCUT2D eigenvalue weighted by molar-refractivity contribution is 6.04. The topological polar surface area (TPSA) is 89.1 Å². The van der Waals surface area contributed by atoms with E-state index in [1.807, 2.05) is 0 Å². The minimum absolute atomic E-state index is 0.386. The van der Waals surface area contributed by atoms with Gasteiger partial charge in [-0.3, -0.25) is 0 Å². The SMILES string of the molecule is C=CC(C=CN)=Nc1nc(NC2CCCCCCC2)nc(C2CCCCCCC2)n1. The second-order valence-electron chi connectivity index (χ2n) is 8.65. The van der Waals surface area contributed by atoms with Crippen LogP contribution in [-0.4, -0.2) is 26.7 Å². The molecule has 0 radical (unpaired) electrons. The van der Waals surface area contributed by atoms with Gasteiger partial charge in [0, 0.05) is 12.0 Å². The zero-order chi connectivity index (χ0) is 21.0. The monoisotopic (exact) mass is 410 g/mol. The Morgan fingerprint density at radius 1 is 0.867 bits per heavy atom. The molecule has 2 fully saturated rings. The van der Waals surface area contributed by atoms with Gasteiger partial charge in [-0.25, -0.2) is 4.99 Å². The van der Waals surface area contributed by atoms with Gasteiger partial charge in [-0.1, -0.05) is 70.8 Å². The minimum atomic E-state index is 0.386. The summed E-state index contributed by atoms with van der Waals surface area (Å²) in [5, 5.41) is 3.62.